The highest BCUT2D eigenvalue weighted by molar-refractivity contribution is 7.80. The zero-order valence-corrected chi connectivity index (χ0v) is 14.2. The molecule has 0 fully saturated rings. The van der Waals surface area contributed by atoms with Gasteiger partial charge in [0.15, 0.2) is 0 Å². The lowest BCUT2D eigenvalue weighted by Gasteiger charge is -2.21. The maximum Gasteiger partial charge on any atom is 0.127 e. The first kappa shape index (κ1) is 15.6. The molecule has 0 saturated heterocycles. The molecule has 0 radical (unpaired) electrons. The smallest absolute Gasteiger partial charge is 0.127 e. The van der Waals surface area contributed by atoms with Crippen molar-refractivity contribution in [2.24, 2.45) is 0 Å². The highest BCUT2D eigenvalue weighted by atomic mass is 31.1. The topological polar surface area (TPSA) is 18.5 Å². The van der Waals surface area contributed by atoms with E-state index in [-0.39, 0.29) is 0 Å². The molecule has 0 N–H and O–H groups in total. The third-order valence-corrected chi connectivity index (χ3v) is 6.11. The summed E-state index contributed by atoms with van der Waals surface area (Å²) in [5, 5.41) is 3.75. The van der Waals surface area contributed by atoms with E-state index in [4.69, 9.17) is 9.47 Å². The Hall–Kier alpha value is -2.31. The maximum atomic E-state index is 5.61. The summed E-state index contributed by atoms with van der Waals surface area (Å²) in [5.41, 5.74) is 0. The van der Waals surface area contributed by atoms with Gasteiger partial charge in [-0.2, -0.15) is 0 Å². The number of hydrogen-bond donors (Lipinski definition) is 0. The van der Waals surface area contributed by atoms with Crippen molar-refractivity contribution in [1.29, 1.82) is 0 Å². The van der Waals surface area contributed by atoms with Crippen LogP contribution < -0.4 is 25.4 Å². The first-order chi connectivity index (χ1) is 11.3. The van der Waals surface area contributed by atoms with Crippen LogP contribution in [-0.4, -0.2) is 14.2 Å². The predicted octanol–water partition coefficient (Wildman–Crippen LogP) is 3.46. The molecular weight excluding hydrogens is 303 g/mol. The Morgan fingerprint density at radius 1 is 0.652 bits per heavy atom. The first-order valence-electron chi connectivity index (χ1n) is 7.45. The van der Waals surface area contributed by atoms with E-state index in [1.54, 1.807) is 14.2 Å². The summed E-state index contributed by atoms with van der Waals surface area (Å²) in [6, 6.07) is 27.1. The fourth-order valence-corrected chi connectivity index (χ4v) is 5.01. The molecule has 1 atom stereocenters. The number of hydrogen-bond acceptors (Lipinski definition) is 2. The molecule has 0 aliphatic carbocycles. The SMILES string of the molecule is COc1cccc(P(c2ccccc2)c2ccccc2OC)c1. The van der Waals surface area contributed by atoms with E-state index in [0.29, 0.717) is 0 Å². The lowest BCUT2D eigenvalue weighted by molar-refractivity contribution is 0.415. The third-order valence-electron chi connectivity index (χ3n) is 3.65. The second kappa shape index (κ2) is 7.30. The highest BCUT2D eigenvalue weighted by Crippen LogP contribution is 2.37. The molecule has 3 rings (SSSR count). The second-order valence-electron chi connectivity index (χ2n) is 5.04. The Morgan fingerprint density at radius 2 is 1.35 bits per heavy atom. The molecule has 3 heteroatoms. The van der Waals surface area contributed by atoms with E-state index in [0.717, 1.165) is 11.5 Å². The minimum atomic E-state index is -0.700. The summed E-state index contributed by atoms with van der Waals surface area (Å²) in [6.07, 6.45) is 0. The summed E-state index contributed by atoms with van der Waals surface area (Å²) < 4.78 is 11.0. The largest absolute Gasteiger partial charge is 0.497 e. The molecule has 3 aromatic carbocycles. The molecule has 0 amide bonds. The second-order valence-corrected chi connectivity index (χ2v) is 7.23. The van der Waals surface area contributed by atoms with Crippen LogP contribution in [0.4, 0.5) is 0 Å². The summed E-state index contributed by atoms with van der Waals surface area (Å²) in [4.78, 5) is 0. The average Bonchev–Trinajstić information content (AvgIpc) is 2.63. The van der Waals surface area contributed by atoms with Crippen LogP contribution in [0.15, 0.2) is 78.9 Å². The minimum absolute atomic E-state index is 0.700. The number of rotatable bonds is 5. The van der Waals surface area contributed by atoms with Gasteiger partial charge in [0, 0.05) is 5.30 Å². The summed E-state index contributed by atoms with van der Waals surface area (Å²) >= 11 is 0. The maximum absolute atomic E-state index is 5.61. The molecule has 23 heavy (non-hydrogen) atoms. The van der Waals surface area contributed by atoms with Gasteiger partial charge in [-0.25, -0.2) is 0 Å². The van der Waals surface area contributed by atoms with Gasteiger partial charge in [0.25, 0.3) is 0 Å². The fraction of sp³-hybridized carbons (Fsp3) is 0.100. The molecule has 1 unspecified atom stereocenters. The Kier molecular flexibility index (Phi) is 4.95. The van der Waals surface area contributed by atoms with E-state index < -0.39 is 7.92 Å². The third kappa shape index (κ3) is 3.38. The molecule has 0 spiro atoms. The van der Waals surface area contributed by atoms with E-state index in [1.807, 2.05) is 30.3 Å². The van der Waals surface area contributed by atoms with Crippen molar-refractivity contribution in [3.63, 3.8) is 0 Å². The highest BCUT2D eigenvalue weighted by Gasteiger charge is 2.20. The number of methoxy groups -OCH3 is 2. The number of para-hydroxylation sites is 1. The Morgan fingerprint density at radius 3 is 2.09 bits per heavy atom. The number of benzene rings is 3. The predicted molar refractivity (Wildman–Crippen MR) is 98.3 cm³/mol. The van der Waals surface area contributed by atoms with Crippen molar-refractivity contribution >= 4 is 23.8 Å². The molecule has 3 aromatic rings. The summed E-state index contributed by atoms with van der Waals surface area (Å²) in [6.45, 7) is 0. The van der Waals surface area contributed by atoms with Crippen LogP contribution in [0.3, 0.4) is 0 Å². The molecule has 0 bridgehead atoms. The zero-order valence-electron chi connectivity index (χ0n) is 13.3. The van der Waals surface area contributed by atoms with Gasteiger partial charge in [-0.3, -0.25) is 0 Å². The van der Waals surface area contributed by atoms with Gasteiger partial charge in [0.2, 0.25) is 0 Å². The minimum Gasteiger partial charge on any atom is -0.497 e. The van der Waals surface area contributed by atoms with Crippen LogP contribution in [-0.2, 0) is 0 Å². The molecule has 0 heterocycles. The van der Waals surface area contributed by atoms with Crippen molar-refractivity contribution in [3.05, 3.63) is 78.9 Å². The van der Waals surface area contributed by atoms with Crippen molar-refractivity contribution < 1.29 is 9.47 Å². The Balaban J connectivity index is 2.18. The van der Waals surface area contributed by atoms with Gasteiger partial charge >= 0.3 is 0 Å². The standard InChI is InChI=1S/C20H19O2P/c1-21-16-9-8-12-18(15-16)23(17-10-4-3-5-11-17)20-14-7-6-13-19(20)22-2/h3-15H,1-2H3. The molecular formula is C20H19O2P. The first-order valence-corrected chi connectivity index (χ1v) is 8.80. The van der Waals surface area contributed by atoms with Crippen LogP contribution in [0.1, 0.15) is 0 Å². The molecule has 0 aromatic heterocycles. The van der Waals surface area contributed by atoms with Crippen LogP contribution >= 0.6 is 7.92 Å². The normalized spacial score (nSPS) is 11.7. The van der Waals surface area contributed by atoms with Crippen LogP contribution in [0.25, 0.3) is 0 Å². The van der Waals surface area contributed by atoms with Crippen LogP contribution in [0, 0.1) is 0 Å². The van der Waals surface area contributed by atoms with E-state index in [9.17, 15) is 0 Å². The Bertz CT molecular complexity index is 771. The van der Waals surface area contributed by atoms with Crippen molar-refractivity contribution in [2.75, 3.05) is 14.2 Å². The van der Waals surface area contributed by atoms with E-state index in [2.05, 4.69) is 48.5 Å². The summed E-state index contributed by atoms with van der Waals surface area (Å²) in [7, 11) is 2.73. The quantitative estimate of drug-likeness (QED) is 0.670. The molecule has 116 valence electrons. The lowest BCUT2D eigenvalue weighted by atomic mass is 10.3. The van der Waals surface area contributed by atoms with Crippen molar-refractivity contribution in [1.82, 2.24) is 0 Å². The van der Waals surface area contributed by atoms with Crippen LogP contribution in [0.2, 0.25) is 0 Å². The van der Waals surface area contributed by atoms with E-state index >= 15 is 0 Å². The molecule has 2 nitrogen and oxygen atoms in total. The summed E-state index contributed by atoms with van der Waals surface area (Å²) in [5.74, 6) is 1.80. The van der Waals surface area contributed by atoms with Crippen molar-refractivity contribution in [3.8, 4) is 11.5 Å². The molecule has 0 aliphatic rings. The van der Waals surface area contributed by atoms with Gasteiger partial charge in [-0.1, -0.05) is 60.7 Å². The number of ether oxygens (including phenoxy) is 2. The van der Waals surface area contributed by atoms with Gasteiger partial charge in [0.1, 0.15) is 11.5 Å². The Labute approximate surface area is 138 Å². The van der Waals surface area contributed by atoms with Gasteiger partial charge in [-0.05, 0) is 36.7 Å². The fourth-order valence-electron chi connectivity index (χ4n) is 2.57. The zero-order chi connectivity index (χ0) is 16.1. The van der Waals surface area contributed by atoms with Crippen molar-refractivity contribution in [2.45, 2.75) is 0 Å². The lowest BCUT2D eigenvalue weighted by Crippen LogP contribution is -2.21. The molecule has 0 saturated carbocycles. The van der Waals surface area contributed by atoms with Gasteiger partial charge < -0.3 is 9.47 Å². The van der Waals surface area contributed by atoms with Crippen LogP contribution in [0.5, 0.6) is 11.5 Å². The van der Waals surface area contributed by atoms with Gasteiger partial charge in [-0.15, -0.1) is 0 Å². The molecule has 0 aliphatic heterocycles. The van der Waals surface area contributed by atoms with E-state index in [1.165, 1.54) is 15.9 Å². The van der Waals surface area contributed by atoms with Gasteiger partial charge in [0.05, 0.1) is 14.2 Å². The average molecular weight is 322 g/mol. The monoisotopic (exact) mass is 322 g/mol.